The van der Waals surface area contributed by atoms with Gasteiger partial charge in [0.05, 0.1) is 18.8 Å². The van der Waals surface area contributed by atoms with E-state index >= 15 is 0 Å². The van der Waals surface area contributed by atoms with Crippen molar-refractivity contribution >= 4 is 23.6 Å². The molecular formula is C31H28N4O4. The van der Waals surface area contributed by atoms with Gasteiger partial charge < -0.3 is 15.4 Å². The Hall–Kier alpha value is -4.98. The van der Waals surface area contributed by atoms with Crippen LogP contribution >= 0.6 is 0 Å². The van der Waals surface area contributed by atoms with Crippen molar-refractivity contribution in [2.45, 2.75) is 32.2 Å². The lowest BCUT2D eigenvalue weighted by Crippen LogP contribution is -2.46. The maximum absolute atomic E-state index is 13.6. The van der Waals surface area contributed by atoms with Gasteiger partial charge in [-0.3, -0.25) is 19.5 Å². The molecule has 8 heteroatoms. The Morgan fingerprint density at radius 1 is 0.923 bits per heavy atom. The number of nitrogens with zero attached hydrogens (tertiary/aromatic N) is 2. The van der Waals surface area contributed by atoms with E-state index in [0.717, 1.165) is 11.1 Å². The maximum Gasteiger partial charge on any atom is 0.411 e. The van der Waals surface area contributed by atoms with E-state index in [1.165, 1.54) is 4.90 Å². The van der Waals surface area contributed by atoms with Crippen LogP contribution < -0.4 is 10.6 Å². The number of nitrogens with one attached hydrogen (secondary N) is 2. The van der Waals surface area contributed by atoms with Crippen LogP contribution in [0.1, 0.15) is 38.8 Å². The Morgan fingerprint density at radius 2 is 1.69 bits per heavy atom. The third kappa shape index (κ3) is 6.13. The third-order valence-electron chi connectivity index (χ3n) is 6.51. The third-order valence-corrected chi connectivity index (χ3v) is 6.51. The highest BCUT2D eigenvalue weighted by molar-refractivity contribution is 6.04. The summed E-state index contributed by atoms with van der Waals surface area (Å²) in [5, 5.41) is 5.79. The molecule has 39 heavy (non-hydrogen) atoms. The Balaban J connectivity index is 1.40. The number of pyridine rings is 1. The number of hydrogen-bond acceptors (Lipinski definition) is 5. The van der Waals surface area contributed by atoms with Crippen LogP contribution in [0.3, 0.4) is 0 Å². The molecule has 0 spiro atoms. The topological polar surface area (TPSA) is 101 Å². The molecule has 1 aliphatic heterocycles. The number of amides is 3. The zero-order valence-electron chi connectivity index (χ0n) is 21.4. The summed E-state index contributed by atoms with van der Waals surface area (Å²) in [5.74, 6) is -0.621. The van der Waals surface area contributed by atoms with Gasteiger partial charge in [-0.2, -0.15) is 0 Å². The van der Waals surface area contributed by atoms with E-state index in [9.17, 15) is 14.4 Å². The van der Waals surface area contributed by atoms with Gasteiger partial charge in [-0.05, 0) is 54.4 Å². The van der Waals surface area contributed by atoms with E-state index in [4.69, 9.17) is 4.74 Å². The van der Waals surface area contributed by atoms with Gasteiger partial charge in [-0.25, -0.2) is 4.79 Å². The Bertz CT molecular complexity index is 1460. The number of ether oxygens (including phenoxy) is 1. The van der Waals surface area contributed by atoms with Crippen molar-refractivity contribution in [3.63, 3.8) is 0 Å². The summed E-state index contributed by atoms with van der Waals surface area (Å²) in [6, 6.07) is 28.2. The smallest absolute Gasteiger partial charge is 0.411 e. The number of aryl methyl sites for hydroxylation is 1. The van der Waals surface area contributed by atoms with Crippen molar-refractivity contribution in [1.82, 2.24) is 15.2 Å². The highest BCUT2D eigenvalue weighted by atomic mass is 16.6. The molecule has 2 heterocycles. The predicted octanol–water partition coefficient (Wildman–Crippen LogP) is 5.02. The van der Waals surface area contributed by atoms with Crippen LogP contribution in [-0.4, -0.2) is 33.8 Å². The van der Waals surface area contributed by atoms with E-state index in [-0.39, 0.29) is 24.9 Å². The molecule has 2 atom stereocenters. The van der Waals surface area contributed by atoms with Crippen LogP contribution in [0.5, 0.6) is 0 Å². The molecule has 0 saturated carbocycles. The first-order valence-corrected chi connectivity index (χ1v) is 12.6. The molecule has 196 valence electrons. The molecule has 3 amide bonds. The van der Waals surface area contributed by atoms with Crippen LogP contribution in [0.4, 0.5) is 10.5 Å². The Morgan fingerprint density at radius 3 is 2.44 bits per heavy atom. The fourth-order valence-corrected chi connectivity index (χ4v) is 4.47. The van der Waals surface area contributed by atoms with Crippen molar-refractivity contribution in [2.24, 2.45) is 0 Å². The lowest BCUT2D eigenvalue weighted by atomic mass is 10.00. The highest BCUT2D eigenvalue weighted by Crippen LogP contribution is 2.35. The van der Waals surface area contributed by atoms with Gasteiger partial charge in [0.15, 0.2) is 12.1 Å². The van der Waals surface area contributed by atoms with Crippen LogP contribution in [0, 0.1) is 6.92 Å². The molecule has 4 aromatic rings. The number of rotatable bonds is 8. The molecule has 1 fully saturated rings. The first-order chi connectivity index (χ1) is 19.0. The molecule has 1 aromatic heterocycles. The minimum atomic E-state index is -0.928. The number of carbonyl (C=O) groups is 3. The van der Waals surface area contributed by atoms with Crippen molar-refractivity contribution in [1.29, 1.82) is 0 Å². The van der Waals surface area contributed by atoms with E-state index < -0.39 is 18.2 Å². The summed E-state index contributed by atoms with van der Waals surface area (Å²) in [5.41, 5.74) is 4.32. The number of cyclic esters (lactones) is 1. The molecule has 3 aromatic carbocycles. The molecule has 1 aliphatic rings. The number of carbonyl (C=O) groups excluding carboxylic acids is 3. The van der Waals surface area contributed by atoms with Crippen LogP contribution in [0.15, 0.2) is 103 Å². The molecule has 2 N–H and O–H groups in total. The summed E-state index contributed by atoms with van der Waals surface area (Å²) in [7, 11) is 0. The zero-order valence-corrected chi connectivity index (χ0v) is 21.4. The largest absolute Gasteiger partial charge is 0.438 e. The number of hydrogen-bond donors (Lipinski definition) is 2. The van der Waals surface area contributed by atoms with E-state index in [0.29, 0.717) is 22.5 Å². The van der Waals surface area contributed by atoms with Crippen molar-refractivity contribution < 1.29 is 19.1 Å². The zero-order chi connectivity index (χ0) is 27.2. The first-order valence-electron chi connectivity index (χ1n) is 12.6. The number of benzene rings is 3. The fraction of sp³-hybridized carbons (Fsp3) is 0.161. The van der Waals surface area contributed by atoms with Crippen LogP contribution in [0.2, 0.25) is 0 Å². The van der Waals surface area contributed by atoms with Gasteiger partial charge in [0.25, 0.3) is 5.91 Å². The monoisotopic (exact) mass is 520 g/mol. The Kier molecular flexibility index (Phi) is 7.63. The quantitative estimate of drug-likeness (QED) is 0.340. The van der Waals surface area contributed by atoms with Crippen LogP contribution in [0.25, 0.3) is 0 Å². The summed E-state index contributed by atoms with van der Waals surface area (Å²) in [6.07, 6.45) is 0.198. The van der Waals surface area contributed by atoms with Gasteiger partial charge in [0.1, 0.15) is 0 Å². The molecule has 0 aliphatic carbocycles. The number of aromatic nitrogens is 1. The highest BCUT2D eigenvalue weighted by Gasteiger charge is 2.47. The average molecular weight is 521 g/mol. The molecule has 0 bridgehead atoms. The maximum atomic E-state index is 13.6. The first kappa shape index (κ1) is 25.7. The van der Waals surface area contributed by atoms with Gasteiger partial charge in [0, 0.05) is 17.4 Å². The summed E-state index contributed by atoms with van der Waals surface area (Å²) < 4.78 is 5.78. The molecule has 0 radical (unpaired) electrons. The van der Waals surface area contributed by atoms with Crippen molar-refractivity contribution in [2.75, 3.05) is 5.32 Å². The average Bonchev–Trinajstić information content (AvgIpc) is 3.29. The minimum Gasteiger partial charge on any atom is -0.438 e. The summed E-state index contributed by atoms with van der Waals surface area (Å²) in [4.78, 5) is 45.1. The molecule has 5 rings (SSSR count). The van der Waals surface area contributed by atoms with Gasteiger partial charge in [0.2, 0.25) is 5.91 Å². The van der Waals surface area contributed by atoms with Gasteiger partial charge in [-0.1, -0.05) is 66.2 Å². The molecule has 1 saturated heterocycles. The SMILES string of the molecule is Cc1ccc(CN2C(=O)O[C@H](c3cccc(NC(=O)c4ccccc4)c3)[C@H]2C(=O)NCc2ccccn2)cc1. The Labute approximate surface area is 226 Å². The van der Waals surface area contributed by atoms with E-state index in [2.05, 4.69) is 15.6 Å². The number of anilines is 1. The minimum absolute atomic E-state index is 0.210. The normalized spacial score (nSPS) is 16.4. The lowest BCUT2D eigenvalue weighted by molar-refractivity contribution is -0.126. The summed E-state index contributed by atoms with van der Waals surface area (Å²) in [6.45, 7) is 2.41. The second kappa shape index (κ2) is 11.6. The van der Waals surface area contributed by atoms with Gasteiger partial charge in [-0.15, -0.1) is 0 Å². The fourth-order valence-electron chi connectivity index (χ4n) is 4.47. The molecular weight excluding hydrogens is 492 g/mol. The second-order valence-corrected chi connectivity index (χ2v) is 9.35. The lowest BCUT2D eigenvalue weighted by Gasteiger charge is -2.24. The van der Waals surface area contributed by atoms with Gasteiger partial charge >= 0.3 is 6.09 Å². The molecule has 0 unspecified atom stereocenters. The van der Waals surface area contributed by atoms with E-state index in [1.807, 2.05) is 49.4 Å². The van der Waals surface area contributed by atoms with Crippen molar-refractivity contribution in [3.8, 4) is 0 Å². The van der Waals surface area contributed by atoms with Crippen LogP contribution in [-0.2, 0) is 22.6 Å². The standard InChI is InChI=1S/C31H28N4O4/c1-21-13-15-22(16-14-21)20-35-27(30(37)33-19-26-11-5-6-17-32-26)28(39-31(35)38)24-10-7-12-25(18-24)34-29(36)23-8-3-2-4-9-23/h2-18,27-28H,19-20H2,1H3,(H,33,37)(H,34,36)/t27-,28+/m0/s1. The summed E-state index contributed by atoms with van der Waals surface area (Å²) >= 11 is 0. The van der Waals surface area contributed by atoms with Crippen molar-refractivity contribution in [3.05, 3.63) is 131 Å². The van der Waals surface area contributed by atoms with E-state index in [1.54, 1.807) is 60.8 Å². The second-order valence-electron chi connectivity index (χ2n) is 9.35. The predicted molar refractivity (Wildman–Crippen MR) is 147 cm³/mol. The molecule has 8 nitrogen and oxygen atoms in total.